The Labute approximate surface area is 149 Å². The Morgan fingerprint density at radius 3 is 2.38 bits per heavy atom. The van der Waals surface area contributed by atoms with Crippen LogP contribution >= 0.6 is 12.2 Å². The number of benzene rings is 1. The molecule has 2 rings (SSSR count). The molecule has 0 atom stereocenters. The second kappa shape index (κ2) is 9.39. The monoisotopic (exact) mass is 347 g/mol. The van der Waals surface area contributed by atoms with Crippen LogP contribution in [0.5, 0.6) is 17.2 Å². The SMILES string of the molecule is C#CCOc1c(OC)cc(C(=S)NCC2CCCCC2)cc1OC. The highest BCUT2D eigenvalue weighted by Crippen LogP contribution is 2.38. The summed E-state index contributed by atoms with van der Waals surface area (Å²) in [7, 11) is 3.17. The molecule has 1 aromatic rings. The van der Waals surface area contributed by atoms with Gasteiger partial charge in [-0.1, -0.05) is 37.4 Å². The van der Waals surface area contributed by atoms with Crippen molar-refractivity contribution in [2.45, 2.75) is 32.1 Å². The molecule has 0 heterocycles. The first-order chi connectivity index (χ1) is 11.7. The normalized spacial score (nSPS) is 14.5. The lowest BCUT2D eigenvalue weighted by atomic mass is 9.89. The molecule has 4 nitrogen and oxygen atoms in total. The van der Waals surface area contributed by atoms with Crippen molar-refractivity contribution >= 4 is 17.2 Å². The lowest BCUT2D eigenvalue weighted by Gasteiger charge is -2.23. The van der Waals surface area contributed by atoms with Gasteiger partial charge in [0.25, 0.3) is 0 Å². The fraction of sp³-hybridized carbons (Fsp3) is 0.526. The molecule has 0 amide bonds. The van der Waals surface area contributed by atoms with Crippen LogP contribution in [-0.4, -0.2) is 32.4 Å². The topological polar surface area (TPSA) is 39.7 Å². The molecule has 0 aromatic heterocycles. The first-order valence-corrected chi connectivity index (χ1v) is 8.71. The van der Waals surface area contributed by atoms with Crippen LogP contribution in [0.15, 0.2) is 12.1 Å². The van der Waals surface area contributed by atoms with Crippen molar-refractivity contribution in [3.63, 3.8) is 0 Å². The minimum atomic E-state index is 0.149. The van der Waals surface area contributed by atoms with Crippen LogP contribution in [0.3, 0.4) is 0 Å². The molecule has 130 valence electrons. The van der Waals surface area contributed by atoms with Crippen LogP contribution in [0, 0.1) is 18.3 Å². The summed E-state index contributed by atoms with van der Waals surface area (Å²) < 4.78 is 16.4. The van der Waals surface area contributed by atoms with Gasteiger partial charge in [-0.05, 0) is 30.9 Å². The maximum atomic E-state index is 5.54. The number of methoxy groups -OCH3 is 2. The molecule has 0 saturated heterocycles. The highest BCUT2D eigenvalue weighted by molar-refractivity contribution is 7.80. The van der Waals surface area contributed by atoms with Gasteiger partial charge in [0.05, 0.1) is 14.2 Å². The Morgan fingerprint density at radius 1 is 1.21 bits per heavy atom. The van der Waals surface area contributed by atoms with E-state index < -0.39 is 0 Å². The van der Waals surface area contributed by atoms with E-state index in [9.17, 15) is 0 Å². The van der Waals surface area contributed by atoms with E-state index in [1.165, 1.54) is 32.1 Å². The van der Waals surface area contributed by atoms with E-state index in [4.69, 9.17) is 32.9 Å². The molecule has 0 spiro atoms. The van der Waals surface area contributed by atoms with Gasteiger partial charge in [0.2, 0.25) is 5.75 Å². The standard InChI is InChI=1S/C19H25NO3S/c1-4-10-23-18-16(21-2)11-15(12-17(18)22-3)19(24)20-13-14-8-6-5-7-9-14/h1,11-12,14H,5-10,13H2,2-3H3,(H,20,24). The first kappa shape index (κ1) is 18.4. The van der Waals surface area contributed by atoms with Crippen molar-refractivity contribution < 1.29 is 14.2 Å². The Hall–Kier alpha value is -1.93. The number of rotatable bonds is 7. The molecule has 0 aliphatic heterocycles. The van der Waals surface area contributed by atoms with Crippen LogP contribution in [0.25, 0.3) is 0 Å². The summed E-state index contributed by atoms with van der Waals surface area (Å²) in [5.74, 6) is 4.76. The van der Waals surface area contributed by atoms with Gasteiger partial charge in [0.15, 0.2) is 11.5 Å². The quantitative estimate of drug-likeness (QED) is 0.603. The van der Waals surface area contributed by atoms with Crippen molar-refractivity contribution in [3.8, 4) is 29.6 Å². The summed E-state index contributed by atoms with van der Waals surface area (Å²) in [5.41, 5.74) is 0.850. The van der Waals surface area contributed by atoms with Crippen molar-refractivity contribution in [3.05, 3.63) is 17.7 Å². The summed E-state index contributed by atoms with van der Waals surface area (Å²) in [5, 5.41) is 3.38. The molecular weight excluding hydrogens is 322 g/mol. The predicted octanol–water partition coefficient (Wildman–Crippen LogP) is 3.56. The first-order valence-electron chi connectivity index (χ1n) is 8.30. The van der Waals surface area contributed by atoms with E-state index in [1.807, 2.05) is 12.1 Å². The molecular formula is C19H25NO3S. The zero-order chi connectivity index (χ0) is 17.4. The number of terminal acetylenes is 1. The van der Waals surface area contributed by atoms with Gasteiger partial charge in [0.1, 0.15) is 11.6 Å². The second-order valence-electron chi connectivity index (χ2n) is 5.92. The molecule has 0 bridgehead atoms. The number of hydrogen-bond donors (Lipinski definition) is 1. The summed E-state index contributed by atoms with van der Waals surface area (Å²) in [4.78, 5) is 0.695. The third kappa shape index (κ3) is 4.78. The van der Waals surface area contributed by atoms with Crippen molar-refractivity contribution in [1.29, 1.82) is 0 Å². The number of ether oxygens (including phenoxy) is 3. The summed E-state index contributed by atoms with van der Waals surface area (Å²) >= 11 is 5.54. The van der Waals surface area contributed by atoms with Crippen LogP contribution in [-0.2, 0) is 0 Å². The predicted molar refractivity (Wildman–Crippen MR) is 100 cm³/mol. The average molecular weight is 347 g/mol. The summed E-state index contributed by atoms with van der Waals surface area (Å²) in [6.07, 6.45) is 11.8. The van der Waals surface area contributed by atoms with E-state index >= 15 is 0 Å². The van der Waals surface area contributed by atoms with Gasteiger partial charge in [-0.3, -0.25) is 0 Å². The molecule has 1 N–H and O–H groups in total. The van der Waals surface area contributed by atoms with E-state index in [0.29, 0.717) is 28.2 Å². The van der Waals surface area contributed by atoms with E-state index in [0.717, 1.165) is 12.1 Å². The third-order valence-electron chi connectivity index (χ3n) is 4.30. The molecule has 0 unspecified atom stereocenters. The van der Waals surface area contributed by atoms with Gasteiger partial charge in [0, 0.05) is 12.1 Å². The zero-order valence-corrected chi connectivity index (χ0v) is 15.2. The Kier molecular flexibility index (Phi) is 7.20. The van der Waals surface area contributed by atoms with Gasteiger partial charge in [-0.2, -0.15) is 0 Å². The highest BCUT2D eigenvalue weighted by Gasteiger charge is 2.17. The number of hydrogen-bond acceptors (Lipinski definition) is 4. The Bertz CT molecular complexity index is 578. The smallest absolute Gasteiger partial charge is 0.204 e. The average Bonchev–Trinajstić information content (AvgIpc) is 2.64. The zero-order valence-electron chi connectivity index (χ0n) is 14.4. The van der Waals surface area contributed by atoms with Gasteiger partial charge in [-0.15, -0.1) is 6.42 Å². The third-order valence-corrected chi connectivity index (χ3v) is 4.68. The van der Waals surface area contributed by atoms with Crippen molar-refractivity contribution in [2.75, 3.05) is 27.4 Å². The van der Waals surface area contributed by atoms with E-state index in [-0.39, 0.29) is 6.61 Å². The molecule has 1 aliphatic rings. The fourth-order valence-electron chi connectivity index (χ4n) is 3.00. The second-order valence-corrected chi connectivity index (χ2v) is 6.32. The van der Waals surface area contributed by atoms with E-state index in [1.54, 1.807) is 14.2 Å². The minimum Gasteiger partial charge on any atom is -0.493 e. The van der Waals surface area contributed by atoms with Crippen molar-refractivity contribution in [1.82, 2.24) is 5.32 Å². The molecule has 0 radical (unpaired) electrons. The van der Waals surface area contributed by atoms with Crippen LogP contribution < -0.4 is 19.5 Å². The van der Waals surface area contributed by atoms with Crippen LogP contribution in [0.4, 0.5) is 0 Å². The highest BCUT2D eigenvalue weighted by atomic mass is 32.1. The summed E-state index contributed by atoms with van der Waals surface area (Å²) in [6.45, 7) is 1.06. The molecule has 1 aliphatic carbocycles. The Morgan fingerprint density at radius 2 is 1.83 bits per heavy atom. The maximum Gasteiger partial charge on any atom is 0.204 e. The van der Waals surface area contributed by atoms with Crippen LogP contribution in [0.2, 0.25) is 0 Å². The molecule has 1 aromatic carbocycles. The van der Waals surface area contributed by atoms with Gasteiger partial charge in [-0.25, -0.2) is 0 Å². The van der Waals surface area contributed by atoms with Crippen LogP contribution in [0.1, 0.15) is 37.7 Å². The van der Waals surface area contributed by atoms with Crippen molar-refractivity contribution in [2.24, 2.45) is 5.92 Å². The molecule has 1 fully saturated rings. The fourth-order valence-corrected chi connectivity index (χ4v) is 3.20. The summed E-state index contributed by atoms with van der Waals surface area (Å²) in [6, 6.07) is 3.70. The largest absolute Gasteiger partial charge is 0.493 e. The Balaban J connectivity index is 2.10. The minimum absolute atomic E-state index is 0.149. The maximum absolute atomic E-state index is 5.54. The van der Waals surface area contributed by atoms with E-state index in [2.05, 4.69) is 11.2 Å². The molecule has 1 saturated carbocycles. The lowest BCUT2D eigenvalue weighted by molar-refractivity contribution is 0.304. The number of nitrogens with one attached hydrogen (secondary N) is 1. The lowest BCUT2D eigenvalue weighted by Crippen LogP contribution is -2.29. The molecule has 5 heteroatoms. The number of thiocarbonyl (C=S) groups is 1. The van der Waals surface area contributed by atoms with Gasteiger partial charge < -0.3 is 19.5 Å². The molecule has 24 heavy (non-hydrogen) atoms. The van der Waals surface area contributed by atoms with Gasteiger partial charge >= 0.3 is 0 Å².